The Morgan fingerprint density at radius 2 is 2.25 bits per heavy atom. The Balaban J connectivity index is 3.92. The highest BCUT2D eigenvalue weighted by atomic mass is 16.2. The van der Waals surface area contributed by atoms with Gasteiger partial charge in [0.25, 0.3) is 0 Å². The Labute approximate surface area is 72.8 Å². The minimum atomic E-state index is -0.964. The monoisotopic (exact) mass is 164 g/mol. The summed E-state index contributed by atoms with van der Waals surface area (Å²) in [4.78, 5) is 11.2. The third kappa shape index (κ3) is 3.07. The van der Waals surface area contributed by atoms with Crippen molar-refractivity contribution < 1.29 is 4.79 Å². The number of carbonyl (C=O) groups is 1. The standard InChI is InChI=1S/C9H12N2O/c1-4-5-6-11-8(12)9(2,3)7-10/h1H,5-6H2,2-3H3,(H,11,12). The van der Waals surface area contributed by atoms with Crippen LogP contribution >= 0.6 is 0 Å². The van der Waals surface area contributed by atoms with Crippen LogP contribution in [0.4, 0.5) is 0 Å². The molecule has 0 saturated carbocycles. The number of hydrogen-bond donors (Lipinski definition) is 1. The predicted molar refractivity (Wildman–Crippen MR) is 45.9 cm³/mol. The Bertz CT molecular complexity index is 242. The smallest absolute Gasteiger partial charge is 0.239 e. The van der Waals surface area contributed by atoms with Crippen LogP contribution in [0.3, 0.4) is 0 Å². The van der Waals surface area contributed by atoms with Crippen molar-refractivity contribution in [1.82, 2.24) is 5.32 Å². The van der Waals surface area contributed by atoms with E-state index in [0.29, 0.717) is 13.0 Å². The summed E-state index contributed by atoms with van der Waals surface area (Å²) >= 11 is 0. The van der Waals surface area contributed by atoms with Crippen molar-refractivity contribution in [2.45, 2.75) is 20.3 Å². The van der Waals surface area contributed by atoms with Crippen molar-refractivity contribution in [2.75, 3.05) is 6.54 Å². The summed E-state index contributed by atoms with van der Waals surface area (Å²) in [6.45, 7) is 3.57. The number of terminal acetylenes is 1. The molecule has 1 amide bonds. The molecule has 0 aromatic carbocycles. The Kier molecular flexibility index (Phi) is 3.86. The molecule has 0 aliphatic carbocycles. The Morgan fingerprint density at radius 3 is 2.67 bits per heavy atom. The van der Waals surface area contributed by atoms with E-state index in [2.05, 4.69) is 11.2 Å². The molecule has 0 aliphatic heterocycles. The molecule has 0 aliphatic rings. The molecule has 0 aromatic rings. The topological polar surface area (TPSA) is 52.9 Å². The summed E-state index contributed by atoms with van der Waals surface area (Å²) < 4.78 is 0. The maximum absolute atomic E-state index is 11.2. The average molecular weight is 164 g/mol. The van der Waals surface area contributed by atoms with E-state index in [9.17, 15) is 4.79 Å². The molecule has 0 atom stereocenters. The van der Waals surface area contributed by atoms with Crippen molar-refractivity contribution >= 4 is 5.91 Å². The van der Waals surface area contributed by atoms with E-state index in [4.69, 9.17) is 11.7 Å². The van der Waals surface area contributed by atoms with E-state index in [0.717, 1.165) is 0 Å². The molecular weight excluding hydrogens is 152 g/mol. The van der Waals surface area contributed by atoms with Crippen LogP contribution in [0.5, 0.6) is 0 Å². The largest absolute Gasteiger partial charge is 0.354 e. The van der Waals surface area contributed by atoms with Crippen LogP contribution in [-0.4, -0.2) is 12.5 Å². The van der Waals surface area contributed by atoms with Gasteiger partial charge in [-0.3, -0.25) is 4.79 Å². The third-order valence-corrected chi connectivity index (χ3v) is 1.40. The van der Waals surface area contributed by atoms with Gasteiger partial charge < -0.3 is 5.32 Å². The van der Waals surface area contributed by atoms with Crippen LogP contribution in [0.15, 0.2) is 0 Å². The molecule has 0 saturated heterocycles. The lowest BCUT2D eigenvalue weighted by Gasteiger charge is -2.13. The van der Waals surface area contributed by atoms with Gasteiger partial charge in [-0.1, -0.05) is 0 Å². The minimum Gasteiger partial charge on any atom is -0.354 e. The summed E-state index contributed by atoms with van der Waals surface area (Å²) in [6, 6.07) is 1.90. The van der Waals surface area contributed by atoms with Crippen molar-refractivity contribution in [3.8, 4) is 18.4 Å². The number of nitriles is 1. The highest BCUT2D eigenvalue weighted by molar-refractivity contribution is 5.84. The lowest BCUT2D eigenvalue weighted by Crippen LogP contribution is -2.36. The van der Waals surface area contributed by atoms with Crippen molar-refractivity contribution in [3.05, 3.63) is 0 Å². The van der Waals surface area contributed by atoms with Crippen molar-refractivity contribution in [3.63, 3.8) is 0 Å². The maximum Gasteiger partial charge on any atom is 0.239 e. The van der Waals surface area contributed by atoms with Crippen LogP contribution in [-0.2, 0) is 4.79 Å². The van der Waals surface area contributed by atoms with Crippen LogP contribution in [0.1, 0.15) is 20.3 Å². The Morgan fingerprint density at radius 1 is 1.67 bits per heavy atom. The minimum absolute atomic E-state index is 0.278. The number of nitrogens with one attached hydrogen (secondary N) is 1. The van der Waals surface area contributed by atoms with Crippen LogP contribution in [0, 0.1) is 29.1 Å². The van der Waals surface area contributed by atoms with E-state index < -0.39 is 5.41 Å². The lowest BCUT2D eigenvalue weighted by molar-refractivity contribution is -0.126. The summed E-state index contributed by atoms with van der Waals surface area (Å²) in [5, 5.41) is 11.1. The Hall–Kier alpha value is -1.48. The molecule has 0 radical (unpaired) electrons. The quantitative estimate of drug-likeness (QED) is 0.492. The number of hydrogen-bond acceptors (Lipinski definition) is 2. The maximum atomic E-state index is 11.2. The molecule has 64 valence electrons. The zero-order chi connectivity index (χ0) is 9.61. The van der Waals surface area contributed by atoms with Crippen LogP contribution in [0.25, 0.3) is 0 Å². The van der Waals surface area contributed by atoms with Gasteiger partial charge in [0.1, 0.15) is 5.41 Å². The van der Waals surface area contributed by atoms with E-state index in [1.54, 1.807) is 13.8 Å². The second-order valence-corrected chi connectivity index (χ2v) is 2.95. The molecule has 12 heavy (non-hydrogen) atoms. The molecule has 3 heteroatoms. The van der Waals surface area contributed by atoms with E-state index in [-0.39, 0.29) is 5.91 Å². The first-order valence-corrected chi connectivity index (χ1v) is 3.67. The van der Waals surface area contributed by atoms with Crippen molar-refractivity contribution in [2.24, 2.45) is 5.41 Å². The fourth-order valence-electron chi connectivity index (χ4n) is 0.520. The molecule has 0 spiro atoms. The molecule has 0 unspecified atom stereocenters. The first kappa shape index (κ1) is 10.5. The molecular formula is C9H12N2O. The fraction of sp³-hybridized carbons (Fsp3) is 0.556. The van der Waals surface area contributed by atoms with Gasteiger partial charge in [0, 0.05) is 13.0 Å². The molecule has 0 aromatic heterocycles. The highest BCUT2D eigenvalue weighted by Crippen LogP contribution is 2.12. The van der Waals surface area contributed by atoms with Gasteiger partial charge >= 0.3 is 0 Å². The van der Waals surface area contributed by atoms with Gasteiger partial charge in [0.2, 0.25) is 5.91 Å². The SMILES string of the molecule is C#CCCNC(=O)C(C)(C)C#N. The van der Waals surface area contributed by atoms with Gasteiger partial charge in [-0.05, 0) is 13.8 Å². The molecule has 0 rings (SSSR count). The van der Waals surface area contributed by atoms with Gasteiger partial charge in [-0.25, -0.2) is 0 Å². The fourth-order valence-corrected chi connectivity index (χ4v) is 0.520. The molecule has 1 N–H and O–H groups in total. The van der Waals surface area contributed by atoms with E-state index in [1.165, 1.54) is 0 Å². The number of carbonyl (C=O) groups excluding carboxylic acids is 1. The predicted octanol–water partition coefficient (Wildman–Crippen LogP) is 0.676. The zero-order valence-corrected chi connectivity index (χ0v) is 7.35. The normalized spacial score (nSPS) is 9.67. The van der Waals surface area contributed by atoms with Crippen LogP contribution in [0.2, 0.25) is 0 Å². The van der Waals surface area contributed by atoms with Gasteiger partial charge in [0.15, 0.2) is 0 Å². The number of amides is 1. The second kappa shape index (κ2) is 4.41. The molecule has 0 heterocycles. The summed E-state index contributed by atoms with van der Waals surface area (Å²) in [5.74, 6) is 2.12. The van der Waals surface area contributed by atoms with Gasteiger partial charge in [0.05, 0.1) is 6.07 Å². The van der Waals surface area contributed by atoms with Gasteiger partial charge in [-0.2, -0.15) is 5.26 Å². The molecule has 3 nitrogen and oxygen atoms in total. The highest BCUT2D eigenvalue weighted by Gasteiger charge is 2.26. The number of nitrogens with zero attached hydrogens (tertiary/aromatic N) is 1. The zero-order valence-electron chi connectivity index (χ0n) is 7.35. The molecule has 0 fully saturated rings. The van der Waals surface area contributed by atoms with Gasteiger partial charge in [-0.15, -0.1) is 12.3 Å². The lowest BCUT2D eigenvalue weighted by atomic mass is 9.95. The number of rotatable bonds is 3. The summed E-state index contributed by atoms with van der Waals surface area (Å²) in [6.07, 6.45) is 5.48. The second-order valence-electron chi connectivity index (χ2n) is 2.95. The van der Waals surface area contributed by atoms with E-state index in [1.807, 2.05) is 6.07 Å². The molecule has 0 bridgehead atoms. The van der Waals surface area contributed by atoms with Crippen molar-refractivity contribution in [1.29, 1.82) is 5.26 Å². The first-order valence-electron chi connectivity index (χ1n) is 3.67. The summed E-state index contributed by atoms with van der Waals surface area (Å²) in [5.41, 5.74) is -0.964. The van der Waals surface area contributed by atoms with E-state index >= 15 is 0 Å². The first-order chi connectivity index (χ1) is 5.54. The average Bonchev–Trinajstić information content (AvgIpc) is 2.05. The van der Waals surface area contributed by atoms with Crippen LogP contribution < -0.4 is 5.32 Å². The third-order valence-electron chi connectivity index (χ3n) is 1.40. The summed E-state index contributed by atoms with van der Waals surface area (Å²) in [7, 11) is 0.